The zero-order valence-electron chi connectivity index (χ0n) is 15.8. The minimum atomic E-state index is 1.15. The Labute approximate surface area is 157 Å². The summed E-state index contributed by atoms with van der Waals surface area (Å²) in [5.74, 6) is 0. The normalized spacial score (nSPS) is 13.7. The molecule has 1 nitrogen and oxygen atoms in total. The van der Waals surface area contributed by atoms with E-state index in [0.717, 1.165) is 6.42 Å². The zero-order valence-corrected chi connectivity index (χ0v) is 16.6. The molecule has 0 saturated carbocycles. The van der Waals surface area contributed by atoms with Crippen molar-refractivity contribution in [1.29, 1.82) is 0 Å². The van der Waals surface area contributed by atoms with Crippen LogP contribution in [0.3, 0.4) is 0 Å². The van der Waals surface area contributed by atoms with E-state index in [1.165, 1.54) is 85.2 Å². The van der Waals surface area contributed by atoms with Crippen molar-refractivity contribution >= 4 is 11.8 Å². The summed E-state index contributed by atoms with van der Waals surface area (Å²) in [6.45, 7) is 2.28. The molecule has 0 radical (unpaired) electrons. The average molecular weight is 354 g/mol. The summed E-state index contributed by atoms with van der Waals surface area (Å²) in [7, 11) is 0. The Hall–Kier alpha value is -1.28. The Morgan fingerprint density at radius 2 is 1.72 bits per heavy atom. The first kappa shape index (κ1) is 18.5. The fraction of sp³-hybridized carbons (Fsp3) is 0.522. The van der Waals surface area contributed by atoms with Gasteiger partial charge in [0.15, 0.2) is 0 Å². The summed E-state index contributed by atoms with van der Waals surface area (Å²) in [6.07, 6.45) is 15.0. The molecule has 2 heteroatoms. The monoisotopic (exact) mass is 353 g/mol. The Bertz CT molecular complexity index is 678. The lowest BCUT2D eigenvalue weighted by Crippen LogP contribution is -2.11. The maximum absolute atomic E-state index is 5.10. The van der Waals surface area contributed by atoms with Crippen LogP contribution in [0.1, 0.15) is 68.7 Å². The highest BCUT2D eigenvalue weighted by Gasteiger charge is 2.22. The second-order valence-electron chi connectivity index (χ2n) is 7.14. The van der Waals surface area contributed by atoms with Gasteiger partial charge < -0.3 is 0 Å². The summed E-state index contributed by atoms with van der Waals surface area (Å²) in [6, 6.07) is 11.0. The molecule has 2 aromatic rings. The van der Waals surface area contributed by atoms with Gasteiger partial charge in [-0.2, -0.15) is 0 Å². The van der Waals surface area contributed by atoms with Crippen LogP contribution >= 0.6 is 11.8 Å². The smallest absolute Gasteiger partial charge is 0.0998 e. The van der Waals surface area contributed by atoms with Gasteiger partial charge in [-0.15, -0.1) is 11.8 Å². The first-order valence-corrected chi connectivity index (χ1v) is 11.2. The number of unbranched alkanes of at least 4 members (excludes halogenated alkanes) is 4. The predicted molar refractivity (Wildman–Crippen MR) is 111 cm³/mol. The summed E-state index contributed by atoms with van der Waals surface area (Å²) >= 11 is 1.83. The quantitative estimate of drug-likeness (QED) is 0.380. The summed E-state index contributed by atoms with van der Waals surface area (Å²) in [5.41, 5.74) is 7.32. The van der Waals surface area contributed by atoms with Crippen LogP contribution in [-0.4, -0.2) is 11.2 Å². The van der Waals surface area contributed by atoms with Crippen molar-refractivity contribution in [2.75, 3.05) is 6.26 Å². The van der Waals surface area contributed by atoms with Gasteiger partial charge in [0.25, 0.3) is 0 Å². The number of thioether (sulfide) groups is 1. The van der Waals surface area contributed by atoms with E-state index < -0.39 is 0 Å². The number of rotatable bonds is 8. The van der Waals surface area contributed by atoms with Gasteiger partial charge >= 0.3 is 0 Å². The maximum Gasteiger partial charge on any atom is 0.0998 e. The molecule has 0 N–H and O–H groups in total. The van der Waals surface area contributed by atoms with Gasteiger partial charge in [0, 0.05) is 5.69 Å². The number of hydrogen-bond donors (Lipinski definition) is 0. The highest BCUT2D eigenvalue weighted by Crippen LogP contribution is 2.38. The van der Waals surface area contributed by atoms with Crippen molar-refractivity contribution in [2.24, 2.45) is 0 Å². The molecular formula is C23H31NS. The minimum Gasteiger partial charge on any atom is -0.246 e. The van der Waals surface area contributed by atoms with Crippen LogP contribution in [0.4, 0.5) is 0 Å². The van der Waals surface area contributed by atoms with Crippen molar-refractivity contribution in [3.63, 3.8) is 0 Å². The Morgan fingerprint density at radius 1 is 0.960 bits per heavy atom. The van der Waals surface area contributed by atoms with Gasteiger partial charge in [-0.05, 0) is 67.0 Å². The van der Waals surface area contributed by atoms with E-state index in [0.29, 0.717) is 0 Å². The molecule has 25 heavy (non-hydrogen) atoms. The number of hydrogen-bond acceptors (Lipinski definition) is 2. The third-order valence-corrected chi connectivity index (χ3v) is 6.05. The number of benzene rings is 1. The second-order valence-corrected chi connectivity index (χ2v) is 7.93. The van der Waals surface area contributed by atoms with E-state index in [-0.39, 0.29) is 0 Å². The Kier molecular flexibility index (Phi) is 6.98. The van der Waals surface area contributed by atoms with Gasteiger partial charge in [-0.1, -0.05) is 62.9 Å². The van der Waals surface area contributed by atoms with Crippen LogP contribution in [0.25, 0.3) is 11.1 Å². The fourth-order valence-electron chi connectivity index (χ4n) is 4.02. The standard InChI is InChI=1S/C23H31NS/c1-3-4-5-6-10-16-20-22(18-13-8-7-9-14-18)19-15-11-12-17-21(19)24-23(20)25-2/h7-9,13-14H,3-6,10-12,15-17H2,1-2H3. The molecule has 0 amide bonds. The average Bonchev–Trinajstić information content (AvgIpc) is 2.67. The van der Waals surface area contributed by atoms with Crippen LogP contribution in [-0.2, 0) is 19.3 Å². The molecule has 0 fully saturated rings. The topological polar surface area (TPSA) is 12.9 Å². The summed E-state index contributed by atoms with van der Waals surface area (Å²) < 4.78 is 0. The fourth-order valence-corrected chi connectivity index (χ4v) is 4.67. The first-order valence-electron chi connectivity index (χ1n) is 9.99. The highest BCUT2D eigenvalue weighted by molar-refractivity contribution is 7.98. The number of aromatic nitrogens is 1. The zero-order chi connectivity index (χ0) is 17.5. The molecule has 3 rings (SSSR count). The van der Waals surface area contributed by atoms with Crippen molar-refractivity contribution in [3.05, 3.63) is 47.2 Å². The van der Waals surface area contributed by atoms with Crippen LogP contribution in [0.2, 0.25) is 0 Å². The molecule has 134 valence electrons. The number of nitrogens with zero attached hydrogens (tertiary/aromatic N) is 1. The van der Waals surface area contributed by atoms with Gasteiger partial charge in [0.1, 0.15) is 0 Å². The lowest BCUT2D eigenvalue weighted by Gasteiger charge is -2.24. The molecular weight excluding hydrogens is 322 g/mol. The van der Waals surface area contributed by atoms with Crippen molar-refractivity contribution in [2.45, 2.75) is 76.2 Å². The molecule has 1 aromatic carbocycles. The minimum absolute atomic E-state index is 1.15. The van der Waals surface area contributed by atoms with Crippen molar-refractivity contribution in [3.8, 4) is 11.1 Å². The summed E-state index contributed by atoms with van der Waals surface area (Å²) in [4.78, 5) is 5.10. The summed E-state index contributed by atoms with van der Waals surface area (Å²) in [5, 5.41) is 1.27. The van der Waals surface area contributed by atoms with Gasteiger partial charge in [-0.3, -0.25) is 0 Å². The van der Waals surface area contributed by atoms with Gasteiger partial charge in [-0.25, -0.2) is 4.98 Å². The van der Waals surface area contributed by atoms with Crippen LogP contribution < -0.4 is 0 Å². The van der Waals surface area contributed by atoms with Crippen LogP contribution in [0.5, 0.6) is 0 Å². The van der Waals surface area contributed by atoms with E-state index in [4.69, 9.17) is 4.98 Å². The molecule has 0 aliphatic heterocycles. The maximum atomic E-state index is 5.10. The SMILES string of the molecule is CCCCCCCc1c(SC)nc2c(c1-c1ccccc1)CCCC2. The molecule has 1 aliphatic rings. The number of fused-ring (bicyclic) bond motifs is 1. The second kappa shape index (κ2) is 9.43. The van der Waals surface area contributed by atoms with Crippen LogP contribution in [0, 0.1) is 0 Å². The Morgan fingerprint density at radius 3 is 2.48 bits per heavy atom. The number of aryl methyl sites for hydroxylation is 1. The third-order valence-electron chi connectivity index (χ3n) is 5.32. The molecule has 0 saturated heterocycles. The van der Waals surface area contributed by atoms with Gasteiger partial charge in [0.05, 0.1) is 5.03 Å². The lowest BCUT2D eigenvalue weighted by atomic mass is 9.85. The molecule has 0 unspecified atom stereocenters. The number of pyridine rings is 1. The first-order chi connectivity index (χ1) is 12.3. The van der Waals surface area contributed by atoms with Crippen molar-refractivity contribution in [1.82, 2.24) is 4.98 Å². The van der Waals surface area contributed by atoms with Crippen LogP contribution in [0.15, 0.2) is 35.4 Å². The third kappa shape index (κ3) is 4.47. The molecule has 1 heterocycles. The van der Waals surface area contributed by atoms with E-state index in [2.05, 4.69) is 43.5 Å². The van der Waals surface area contributed by atoms with E-state index in [9.17, 15) is 0 Å². The Balaban J connectivity index is 1.98. The van der Waals surface area contributed by atoms with E-state index in [1.54, 1.807) is 5.56 Å². The van der Waals surface area contributed by atoms with Crippen molar-refractivity contribution < 1.29 is 0 Å². The molecule has 0 bridgehead atoms. The lowest BCUT2D eigenvalue weighted by molar-refractivity contribution is 0.623. The molecule has 0 atom stereocenters. The molecule has 1 aliphatic carbocycles. The highest BCUT2D eigenvalue weighted by atomic mass is 32.2. The molecule has 0 spiro atoms. The predicted octanol–water partition coefficient (Wildman–Crippen LogP) is 6.86. The van der Waals surface area contributed by atoms with E-state index >= 15 is 0 Å². The molecule has 1 aromatic heterocycles. The largest absolute Gasteiger partial charge is 0.246 e. The van der Waals surface area contributed by atoms with Gasteiger partial charge in [0.2, 0.25) is 0 Å². The van der Waals surface area contributed by atoms with E-state index in [1.807, 2.05) is 11.8 Å².